The van der Waals surface area contributed by atoms with E-state index in [0.29, 0.717) is 37.0 Å². The fourth-order valence-electron chi connectivity index (χ4n) is 2.23. The maximum atomic E-state index is 11.0. The first-order valence-electron chi connectivity index (χ1n) is 7.40. The van der Waals surface area contributed by atoms with Crippen LogP contribution in [-0.2, 0) is 19.0 Å². The van der Waals surface area contributed by atoms with Crippen LogP contribution < -0.4 is 0 Å². The molecule has 1 fully saturated rings. The maximum Gasteiger partial charge on any atom is 0.305 e. The molecule has 1 aromatic carbocycles. The topological polar surface area (TPSA) is 44.8 Å². The van der Waals surface area contributed by atoms with Crippen LogP contribution in [0.4, 0.5) is 0 Å². The molecule has 1 saturated heterocycles. The summed E-state index contributed by atoms with van der Waals surface area (Å²) in [6.07, 6.45) is 5.67. The molecule has 1 aliphatic heterocycles. The lowest BCUT2D eigenvalue weighted by Crippen LogP contribution is -2.26. The number of hydrogen-bond donors (Lipinski definition) is 0. The molecule has 2 rings (SSSR count). The minimum Gasteiger partial charge on any atom is -0.469 e. The van der Waals surface area contributed by atoms with E-state index in [2.05, 4.69) is 10.8 Å². The number of carbonyl (C=O) groups excluding carboxylic acids is 1. The van der Waals surface area contributed by atoms with Gasteiger partial charge in [-0.05, 0) is 18.9 Å². The molecule has 0 saturated carbocycles. The molecule has 0 unspecified atom stereocenters. The quantitative estimate of drug-likeness (QED) is 0.588. The van der Waals surface area contributed by atoms with Gasteiger partial charge in [0.2, 0.25) is 0 Å². The summed E-state index contributed by atoms with van der Waals surface area (Å²) < 4.78 is 16.1. The van der Waals surface area contributed by atoms with Crippen molar-refractivity contribution < 1.29 is 19.0 Å². The van der Waals surface area contributed by atoms with Gasteiger partial charge in [-0.1, -0.05) is 42.0 Å². The molecule has 1 aromatic rings. The number of esters is 1. The predicted molar refractivity (Wildman–Crippen MR) is 84.6 cm³/mol. The van der Waals surface area contributed by atoms with Crippen LogP contribution in [0.25, 0.3) is 0 Å². The SMILES string of the molecule is COC(=O)CC/C=C\CC1COC(c2ccccc2Cl)OC1. The monoisotopic (exact) mass is 324 g/mol. The van der Waals surface area contributed by atoms with Crippen LogP contribution in [0.2, 0.25) is 5.02 Å². The van der Waals surface area contributed by atoms with Crippen molar-refractivity contribution in [3.8, 4) is 0 Å². The Morgan fingerprint density at radius 1 is 1.32 bits per heavy atom. The third kappa shape index (κ3) is 5.13. The molecule has 1 heterocycles. The molecule has 0 atom stereocenters. The van der Waals surface area contributed by atoms with Crippen molar-refractivity contribution >= 4 is 17.6 Å². The average Bonchev–Trinajstić information content (AvgIpc) is 2.55. The lowest BCUT2D eigenvalue weighted by atomic mass is 10.1. The van der Waals surface area contributed by atoms with Gasteiger partial charge in [0.15, 0.2) is 6.29 Å². The molecule has 0 radical (unpaired) electrons. The number of methoxy groups -OCH3 is 1. The third-order valence-electron chi connectivity index (χ3n) is 3.50. The summed E-state index contributed by atoms with van der Waals surface area (Å²) in [4.78, 5) is 11.0. The molecular formula is C17H21ClO4. The zero-order valence-corrected chi connectivity index (χ0v) is 13.4. The highest BCUT2D eigenvalue weighted by molar-refractivity contribution is 6.31. The van der Waals surface area contributed by atoms with Crippen LogP contribution in [-0.4, -0.2) is 26.3 Å². The number of carbonyl (C=O) groups is 1. The van der Waals surface area contributed by atoms with Gasteiger partial charge in [-0.2, -0.15) is 0 Å². The first-order valence-corrected chi connectivity index (χ1v) is 7.78. The maximum absolute atomic E-state index is 11.0. The van der Waals surface area contributed by atoms with Crippen LogP contribution >= 0.6 is 11.6 Å². The summed E-state index contributed by atoms with van der Waals surface area (Å²) in [6, 6.07) is 7.56. The first kappa shape index (κ1) is 17.0. The Bertz CT molecular complexity index is 507. The summed E-state index contributed by atoms with van der Waals surface area (Å²) in [5.74, 6) is 0.143. The second-order valence-corrected chi connectivity index (χ2v) is 5.62. The van der Waals surface area contributed by atoms with E-state index in [-0.39, 0.29) is 12.3 Å². The lowest BCUT2D eigenvalue weighted by molar-refractivity contribution is -0.204. The van der Waals surface area contributed by atoms with Crippen molar-refractivity contribution in [3.05, 3.63) is 47.0 Å². The van der Waals surface area contributed by atoms with Crippen LogP contribution in [0.15, 0.2) is 36.4 Å². The van der Waals surface area contributed by atoms with E-state index in [1.807, 2.05) is 30.3 Å². The van der Waals surface area contributed by atoms with Gasteiger partial charge in [0, 0.05) is 22.9 Å². The van der Waals surface area contributed by atoms with Gasteiger partial charge in [0.1, 0.15) is 0 Å². The minimum absolute atomic E-state index is 0.184. The zero-order chi connectivity index (χ0) is 15.8. The van der Waals surface area contributed by atoms with Gasteiger partial charge in [-0.25, -0.2) is 0 Å². The number of rotatable bonds is 6. The predicted octanol–water partition coefficient (Wildman–Crippen LogP) is 3.90. The highest BCUT2D eigenvalue weighted by Crippen LogP contribution is 2.30. The van der Waals surface area contributed by atoms with Crippen molar-refractivity contribution in [1.82, 2.24) is 0 Å². The Morgan fingerprint density at radius 3 is 2.73 bits per heavy atom. The lowest BCUT2D eigenvalue weighted by Gasteiger charge is -2.29. The number of allylic oxidation sites excluding steroid dienone is 2. The fraction of sp³-hybridized carbons (Fsp3) is 0.471. The number of hydrogen-bond acceptors (Lipinski definition) is 4. The molecule has 4 nitrogen and oxygen atoms in total. The number of halogens is 1. The van der Waals surface area contributed by atoms with Crippen LogP contribution in [0, 0.1) is 5.92 Å². The van der Waals surface area contributed by atoms with Crippen LogP contribution in [0.1, 0.15) is 31.1 Å². The van der Waals surface area contributed by atoms with E-state index in [9.17, 15) is 4.79 Å². The molecule has 5 heteroatoms. The van der Waals surface area contributed by atoms with E-state index in [1.165, 1.54) is 7.11 Å². The van der Waals surface area contributed by atoms with Crippen molar-refractivity contribution in [2.45, 2.75) is 25.6 Å². The average molecular weight is 325 g/mol. The van der Waals surface area contributed by atoms with Crippen molar-refractivity contribution in [1.29, 1.82) is 0 Å². The van der Waals surface area contributed by atoms with Gasteiger partial charge in [0.25, 0.3) is 0 Å². The van der Waals surface area contributed by atoms with E-state index >= 15 is 0 Å². The molecule has 0 amide bonds. The Balaban J connectivity index is 1.70. The summed E-state index contributed by atoms with van der Waals surface area (Å²) in [5.41, 5.74) is 0.872. The summed E-state index contributed by atoms with van der Waals surface area (Å²) >= 11 is 6.14. The molecule has 0 N–H and O–H groups in total. The highest BCUT2D eigenvalue weighted by atomic mass is 35.5. The van der Waals surface area contributed by atoms with Crippen molar-refractivity contribution in [2.75, 3.05) is 20.3 Å². The second kappa shape index (κ2) is 8.93. The van der Waals surface area contributed by atoms with Crippen molar-refractivity contribution in [2.24, 2.45) is 5.92 Å². The van der Waals surface area contributed by atoms with Crippen LogP contribution in [0.3, 0.4) is 0 Å². The number of benzene rings is 1. The van der Waals surface area contributed by atoms with Gasteiger partial charge >= 0.3 is 5.97 Å². The molecule has 22 heavy (non-hydrogen) atoms. The largest absolute Gasteiger partial charge is 0.469 e. The van der Waals surface area contributed by atoms with Crippen molar-refractivity contribution in [3.63, 3.8) is 0 Å². The van der Waals surface area contributed by atoms with Gasteiger partial charge in [0.05, 0.1) is 20.3 Å². The Morgan fingerprint density at radius 2 is 2.05 bits per heavy atom. The highest BCUT2D eigenvalue weighted by Gasteiger charge is 2.24. The Hall–Kier alpha value is -1.36. The summed E-state index contributed by atoms with van der Waals surface area (Å²) in [5, 5.41) is 0.661. The van der Waals surface area contributed by atoms with E-state index in [0.717, 1.165) is 12.0 Å². The molecule has 0 aromatic heterocycles. The first-order chi connectivity index (χ1) is 10.7. The van der Waals surface area contributed by atoms with E-state index in [1.54, 1.807) is 0 Å². The Labute approximate surface area is 136 Å². The molecule has 0 spiro atoms. The molecular weight excluding hydrogens is 304 g/mol. The van der Waals surface area contributed by atoms with E-state index in [4.69, 9.17) is 21.1 Å². The molecule has 1 aliphatic rings. The minimum atomic E-state index is -0.381. The van der Waals surface area contributed by atoms with Gasteiger partial charge in [-0.3, -0.25) is 4.79 Å². The summed E-state index contributed by atoms with van der Waals surface area (Å²) in [7, 11) is 1.40. The van der Waals surface area contributed by atoms with Crippen LogP contribution in [0.5, 0.6) is 0 Å². The molecule has 120 valence electrons. The standard InChI is InChI=1S/C17H21ClO4/c1-20-16(19)10-4-2-3-7-13-11-21-17(22-12-13)14-8-5-6-9-15(14)18/h2-3,5-6,8-9,13,17H,4,7,10-12H2,1H3/b3-2-. The molecule has 0 aliphatic carbocycles. The summed E-state index contributed by atoms with van der Waals surface area (Å²) in [6.45, 7) is 1.27. The number of ether oxygens (including phenoxy) is 3. The van der Waals surface area contributed by atoms with Gasteiger partial charge in [-0.15, -0.1) is 0 Å². The third-order valence-corrected chi connectivity index (χ3v) is 3.85. The fourth-order valence-corrected chi connectivity index (χ4v) is 2.46. The zero-order valence-electron chi connectivity index (χ0n) is 12.7. The second-order valence-electron chi connectivity index (χ2n) is 5.21. The smallest absolute Gasteiger partial charge is 0.305 e. The molecule has 0 bridgehead atoms. The normalized spacial score (nSPS) is 21.9. The Kier molecular flexibility index (Phi) is 6.90. The van der Waals surface area contributed by atoms with Gasteiger partial charge < -0.3 is 14.2 Å². The van der Waals surface area contributed by atoms with E-state index < -0.39 is 0 Å².